The van der Waals surface area contributed by atoms with Crippen molar-refractivity contribution in [1.82, 2.24) is 5.32 Å². The molecule has 3 nitrogen and oxygen atoms in total. The molecule has 0 aromatic carbocycles. The van der Waals surface area contributed by atoms with Crippen molar-refractivity contribution in [1.29, 1.82) is 0 Å². The third kappa shape index (κ3) is 12.0. The van der Waals surface area contributed by atoms with Crippen molar-refractivity contribution < 1.29 is 9.53 Å². The highest BCUT2D eigenvalue weighted by Crippen LogP contribution is 2.20. The zero-order valence-electron chi connectivity index (χ0n) is 9.96. The van der Waals surface area contributed by atoms with Gasteiger partial charge in [0.05, 0.1) is 0 Å². The van der Waals surface area contributed by atoms with Gasteiger partial charge in [-0.15, -0.1) is 0 Å². The average molecular weight is 249 g/mol. The molecule has 0 aromatic rings. The molecule has 0 spiro atoms. The normalized spacial score (nSPS) is 11.1. The van der Waals surface area contributed by atoms with Gasteiger partial charge in [-0.1, -0.05) is 27.9 Å². The molecule has 0 unspecified atom stereocenters. The first-order valence-electron chi connectivity index (χ1n) is 5.17. The lowest BCUT2D eigenvalue weighted by Crippen LogP contribution is -2.33. The van der Waals surface area contributed by atoms with Crippen molar-refractivity contribution in [2.75, 3.05) is 18.1 Å². The van der Waals surface area contributed by atoms with Crippen LogP contribution < -0.4 is 5.32 Å². The fraction of sp³-hybridized carbons (Fsp3) is 0.889. The van der Waals surface area contributed by atoms with Gasteiger partial charge >= 0.3 is 6.09 Å². The summed E-state index contributed by atoms with van der Waals surface area (Å²) in [6.45, 7) is 6.24. The fourth-order valence-corrected chi connectivity index (χ4v) is 2.75. The molecule has 0 atom stereocenters. The van der Waals surface area contributed by atoms with Crippen LogP contribution in [-0.4, -0.2) is 37.6 Å². The first-order valence-corrected chi connectivity index (χ1v) is 7.66. The molecule has 1 N–H and O–H groups in total. The lowest BCUT2D eigenvalue weighted by molar-refractivity contribution is 0.0531. The summed E-state index contributed by atoms with van der Waals surface area (Å²) in [5.74, 6) is 2.08. The Kier molecular flexibility index (Phi) is 8.24. The summed E-state index contributed by atoms with van der Waals surface area (Å²) < 4.78 is 5.10. The van der Waals surface area contributed by atoms with E-state index in [2.05, 4.69) is 13.2 Å². The largest absolute Gasteiger partial charge is 0.444 e. The van der Waals surface area contributed by atoms with Crippen molar-refractivity contribution in [2.24, 2.45) is 0 Å². The first-order chi connectivity index (χ1) is 6.95. The van der Waals surface area contributed by atoms with Gasteiger partial charge in [-0.05, 0) is 26.5 Å². The molecule has 0 aliphatic heterocycles. The summed E-state index contributed by atoms with van der Waals surface area (Å²) in [6.07, 6.45) is 0.862. The minimum absolute atomic E-state index is 0.330. The second-order valence-electron chi connectivity index (χ2n) is 4.07. The van der Waals surface area contributed by atoms with Crippen LogP contribution in [0.15, 0.2) is 0 Å². The smallest absolute Gasteiger partial charge is 0.407 e. The van der Waals surface area contributed by atoms with Crippen LogP contribution in [0.2, 0.25) is 6.32 Å². The Morgan fingerprint density at radius 3 is 2.47 bits per heavy atom. The molecule has 0 rings (SSSR count). The molecule has 1 amide bonds. The van der Waals surface area contributed by atoms with Crippen molar-refractivity contribution in [3.8, 4) is 0 Å². The van der Waals surface area contributed by atoms with E-state index in [1.807, 2.05) is 31.6 Å². The third-order valence-electron chi connectivity index (χ3n) is 1.22. The van der Waals surface area contributed by atoms with Gasteiger partial charge in [-0.3, -0.25) is 0 Å². The molecule has 0 aromatic heterocycles. The van der Waals surface area contributed by atoms with Gasteiger partial charge in [0.25, 0.3) is 0 Å². The lowest BCUT2D eigenvalue weighted by Gasteiger charge is -2.19. The van der Waals surface area contributed by atoms with E-state index in [1.54, 1.807) is 10.8 Å². The Morgan fingerprint density at radius 2 is 1.93 bits per heavy atom. The van der Waals surface area contributed by atoms with Gasteiger partial charge < -0.3 is 10.1 Å². The maximum absolute atomic E-state index is 11.2. The number of carbonyl (C=O) groups excluding carboxylic acids is 1. The SMILES string of the molecule is BCCSSCCNC(=O)OC(C)(C)C. The lowest BCUT2D eigenvalue weighted by atomic mass is 10.1. The number of carbonyl (C=O) groups is 1. The molecule has 15 heavy (non-hydrogen) atoms. The quantitative estimate of drug-likeness (QED) is 0.443. The van der Waals surface area contributed by atoms with E-state index in [-0.39, 0.29) is 6.09 Å². The van der Waals surface area contributed by atoms with E-state index < -0.39 is 5.60 Å². The zero-order chi connectivity index (χ0) is 11.7. The number of ether oxygens (including phenoxy) is 1. The summed E-state index contributed by atoms with van der Waals surface area (Å²) >= 11 is 0. The second-order valence-corrected chi connectivity index (χ2v) is 6.77. The molecule has 0 heterocycles. The van der Waals surface area contributed by atoms with Crippen LogP contribution in [-0.2, 0) is 4.74 Å². The summed E-state index contributed by atoms with van der Waals surface area (Å²) in [7, 11) is 5.79. The van der Waals surface area contributed by atoms with E-state index in [0.717, 1.165) is 11.5 Å². The van der Waals surface area contributed by atoms with Crippen molar-refractivity contribution in [3.63, 3.8) is 0 Å². The Balaban J connectivity index is 3.32. The molecule has 88 valence electrons. The maximum atomic E-state index is 11.2. The molecule has 0 saturated heterocycles. The highest BCUT2D eigenvalue weighted by atomic mass is 33.1. The minimum Gasteiger partial charge on any atom is -0.444 e. The number of hydrogen-bond donors (Lipinski definition) is 1. The monoisotopic (exact) mass is 249 g/mol. The summed E-state index contributed by atoms with van der Waals surface area (Å²) in [5.41, 5.74) is -0.409. The summed E-state index contributed by atoms with van der Waals surface area (Å²) in [4.78, 5) is 11.2. The van der Waals surface area contributed by atoms with Crippen LogP contribution >= 0.6 is 21.6 Å². The minimum atomic E-state index is -0.409. The Bertz CT molecular complexity index is 185. The van der Waals surface area contributed by atoms with Crippen molar-refractivity contribution >= 4 is 35.5 Å². The Labute approximate surface area is 101 Å². The highest BCUT2D eigenvalue weighted by Gasteiger charge is 2.15. The standard InChI is InChI=1S/C9H20BNO2S2/c1-9(2,3)13-8(12)11-5-7-15-14-6-4-10/h4-7,10H2,1-3H3,(H,11,12). The molecule has 0 radical (unpaired) electrons. The summed E-state index contributed by atoms with van der Waals surface area (Å²) in [5, 5.41) is 2.72. The van der Waals surface area contributed by atoms with Gasteiger partial charge in [-0.2, -0.15) is 0 Å². The van der Waals surface area contributed by atoms with Crippen LogP contribution in [0.1, 0.15) is 20.8 Å². The second kappa shape index (κ2) is 8.22. The number of rotatable bonds is 6. The van der Waals surface area contributed by atoms with Gasteiger partial charge in [0.2, 0.25) is 0 Å². The van der Waals surface area contributed by atoms with Gasteiger partial charge in [0.15, 0.2) is 0 Å². The molecule has 0 fully saturated rings. The van der Waals surface area contributed by atoms with Crippen molar-refractivity contribution in [2.45, 2.75) is 32.7 Å². The topological polar surface area (TPSA) is 38.3 Å². The third-order valence-corrected chi connectivity index (χ3v) is 3.84. The number of nitrogens with one attached hydrogen (secondary N) is 1. The zero-order valence-corrected chi connectivity index (χ0v) is 11.6. The van der Waals surface area contributed by atoms with E-state index in [9.17, 15) is 4.79 Å². The summed E-state index contributed by atoms with van der Waals surface area (Å²) in [6, 6.07) is 0. The highest BCUT2D eigenvalue weighted by molar-refractivity contribution is 8.76. The van der Waals surface area contributed by atoms with Gasteiger partial charge in [0.1, 0.15) is 13.4 Å². The molecule has 0 aliphatic carbocycles. The molecular weight excluding hydrogens is 229 g/mol. The Morgan fingerprint density at radius 1 is 1.33 bits per heavy atom. The first kappa shape index (κ1) is 15.0. The van der Waals surface area contributed by atoms with Gasteiger partial charge in [0, 0.05) is 12.3 Å². The maximum Gasteiger partial charge on any atom is 0.407 e. The molecule has 0 bridgehead atoms. The molecule has 6 heteroatoms. The number of alkyl carbamates (subject to hydrolysis) is 1. The number of amides is 1. The van der Waals surface area contributed by atoms with Crippen LogP contribution in [0.3, 0.4) is 0 Å². The van der Waals surface area contributed by atoms with E-state index in [1.165, 1.54) is 6.32 Å². The molecule has 0 aliphatic rings. The van der Waals surface area contributed by atoms with Crippen molar-refractivity contribution in [3.05, 3.63) is 0 Å². The molecular formula is C9H20BNO2S2. The molecule has 0 saturated carbocycles. The van der Waals surface area contributed by atoms with Crippen LogP contribution in [0, 0.1) is 0 Å². The van der Waals surface area contributed by atoms with E-state index >= 15 is 0 Å². The van der Waals surface area contributed by atoms with E-state index in [0.29, 0.717) is 6.54 Å². The van der Waals surface area contributed by atoms with E-state index in [4.69, 9.17) is 4.74 Å². The van der Waals surface area contributed by atoms with Crippen LogP contribution in [0.25, 0.3) is 0 Å². The fourth-order valence-electron chi connectivity index (χ4n) is 0.710. The Hall–Kier alpha value is 0.0349. The number of hydrogen-bond acceptors (Lipinski definition) is 4. The predicted molar refractivity (Wildman–Crippen MR) is 72.5 cm³/mol. The van der Waals surface area contributed by atoms with Gasteiger partial charge in [-0.25, -0.2) is 4.79 Å². The predicted octanol–water partition coefficient (Wildman–Crippen LogP) is 1.94. The van der Waals surface area contributed by atoms with Crippen LogP contribution in [0.4, 0.5) is 4.79 Å². The average Bonchev–Trinajstić information content (AvgIpc) is 2.08. The van der Waals surface area contributed by atoms with Crippen LogP contribution in [0.5, 0.6) is 0 Å².